The number of ether oxygens (including phenoxy) is 1. The SMILES string of the molecule is COc1ccc2c(c1)C(O)CCN2C(=O)c1ccc(F)cc1. The van der Waals surface area contributed by atoms with Crippen molar-refractivity contribution < 1.29 is 19.0 Å². The minimum Gasteiger partial charge on any atom is -0.497 e. The van der Waals surface area contributed by atoms with Crippen molar-refractivity contribution in [2.75, 3.05) is 18.6 Å². The number of amides is 1. The fourth-order valence-electron chi connectivity index (χ4n) is 2.66. The Morgan fingerprint density at radius 2 is 2.00 bits per heavy atom. The Hall–Kier alpha value is -2.40. The normalized spacial score (nSPS) is 17.0. The van der Waals surface area contributed by atoms with Gasteiger partial charge in [0, 0.05) is 17.7 Å². The minimum absolute atomic E-state index is 0.210. The number of hydrogen-bond donors (Lipinski definition) is 1. The summed E-state index contributed by atoms with van der Waals surface area (Å²) in [6.45, 7) is 0.413. The third-order valence-electron chi connectivity index (χ3n) is 3.85. The molecule has 0 fully saturated rings. The van der Waals surface area contributed by atoms with Gasteiger partial charge in [-0.1, -0.05) is 0 Å². The van der Waals surface area contributed by atoms with Crippen molar-refractivity contribution in [3.05, 3.63) is 59.4 Å². The second-order valence-electron chi connectivity index (χ2n) is 5.19. The summed E-state index contributed by atoms with van der Waals surface area (Å²) in [6.07, 6.45) is -0.171. The zero-order valence-corrected chi connectivity index (χ0v) is 12.1. The second-order valence-corrected chi connectivity index (χ2v) is 5.19. The van der Waals surface area contributed by atoms with E-state index in [1.807, 2.05) is 0 Å². The zero-order chi connectivity index (χ0) is 15.7. The number of anilines is 1. The highest BCUT2D eigenvalue weighted by Gasteiger charge is 2.28. The van der Waals surface area contributed by atoms with E-state index in [1.54, 1.807) is 30.2 Å². The van der Waals surface area contributed by atoms with Gasteiger partial charge in [-0.2, -0.15) is 0 Å². The number of halogens is 1. The molecule has 1 amide bonds. The van der Waals surface area contributed by atoms with E-state index in [-0.39, 0.29) is 11.7 Å². The number of nitrogens with zero attached hydrogens (tertiary/aromatic N) is 1. The average Bonchev–Trinajstić information content (AvgIpc) is 2.55. The molecule has 0 saturated carbocycles. The third-order valence-corrected chi connectivity index (χ3v) is 3.85. The maximum atomic E-state index is 13.0. The first-order valence-corrected chi connectivity index (χ1v) is 7.03. The van der Waals surface area contributed by atoms with E-state index in [9.17, 15) is 14.3 Å². The van der Waals surface area contributed by atoms with Crippen LogP contribution in [0.15, 0.2) is 42.5 Å². The lowest BCUT2D eigenvalue weighted by atomic mass is 9.97. The summed E-state index contributed by atoms with van der Waals surface area (Å²) >= 11 is 0. The predicted molar refractivity (Wildman–Crippen MR) is 80.6 cm³/mol. The van der Waals surface area contributed by atoms with Gasteiger partial charge in [0.05, 0.1) is 18.9 Å². The molecular formula is C17H16FNO3. The topological polar surface area (TPSA) is 49.8 Å². The van der Waals surface area contributed by atoms with Crippen LogP contribution in [0, 0.1) is 5.82 Å². The summed E-state index contributed by atoms with van der Waals surface area (Å²) in [5.74, 6) is 0.0444. The maximum absolute atomic E-state index is 13.0. The Morgan fingerprint density at radius 1 is 1.27 bits per heavy atom. The van der Waals surface area contributed by atoms with Gasteiger partial charge in [0.15, 0.2) is 0 Å². The van der Waals surface area contributed by atoms with Gasteiger partial charge in [0.2, 0.25) is 0 Å². The highest BCUT2D eigenvalue weighted by atomic mass is 19.1. The molecule has 0 radical (unpaired) electrons. The van der Waals surface area contributed by atoms with E-state index in [0.717, 1.165) is 0 Å². The number of rotatable bonds is 2. The molecule has 0 aromatic heterocycles. The van der Waals surface area contributed by atoms with Crippen molar-refractivity contribution >= 4 is 11.6 Å². The average molecular weight is 301 g/mol. The predicted octanol–water partition coefficient (Wildman–Crippen LogP) is 2.92. The van der Waals surface area contributed by atoms with Gasteiger partial charge >= 0.3 is 0 Å². The van der Waals surface area contributed by atoms with Crippen LogP contribution in [0.4, 0.5) is 10.1 Å². The fourth-order valence-corrected chi connectivity index (χ4v) is 2.66. The molecule has 0 saturated heterocycles. The lowest BCUT2D eigenvalue weighted by Crippen LogP contribution is -2.36. The van der Waals surface area contributed by atoms with Gasteiger partial charge in [-0.25, -0.2) is 4.39 Å². The minimum atomic E-state index is -0.623. The van der Waals surface area contributed by atoms with E-state index < -0.39 is 6.10 Å². The Balaban J connectivity index is 1.98. The summed E-state index contributed by atoms with van der Waals surface area (Å²) < 4.78 is 18.2. The summed E-state index contributed by atoms with van der Waals surface area (Å²) in [5, 5.41) is 10.1. The van der Waals surface area contributed by atoms with Crippen LogP contribution in [-0.2, 0) is 0 Å². The Bertz CT molecular complexity index is 700. The van der Waals surface area contributed by atoms with Crippen molar-refractivity contribution in [1.29, 1.82) is 0 Å². The van der Waals surface area contributed by atoms with Crippen LogP contribution < -0.4 is 9.64 Å². The van der Waals surface area contributed by atoms with E-state index in [0.29, 0.717) is 35.5 Å². The van der Waals surface area contributed by atoms with Crippen LogP contribution in [0.2, 0.25) is 0 Å². The number of hydrogen-bond acceptors (Lipinski definition) is 3. The number of aliphatic hydroxyl groups is 1. The van der Waals surface area contributed by atoms with Gasteiger partial charge in [0.25, 0.3) is 5.91 Å². The maximum Gasteiger partial charge on any atom is 0.258 e. The highest BCUT2D eigenvalue weighted by Crippen LogP contribution is 2.36. The molecule has 1 atom stereocenters. The standard InChI is InChI=1S/C17H16FNO3/c1-22-13-6-7-15-14(10-13)16(20)8-9-19(15)17(21)11-2-4-12(18)5-3-11/h2-7,10,16,20H,8-9H2,1H3. The van der Waals surface area contributed by atoms with Crippen LogP contribution in [0.25, 0.3) is 0 Å². The Morgan fingerprint density at radius 3 is 2.68 bits per heavy atom. The number of aliphatic hydroxyl groups excluding tert-OH is 1. The molecule has 1 unspecified atom stereocenters. The molecule has 1 heterocycles. The fraction of sp³-hybridized carbons (Fsp3) is 0.235. The number of methoxy groups -OCH3 is 1. The monoisotopic (exact) mass is 301 g/mol. The molecule has 1 N–H and O–H groups in total. The van der Waals surface area contributed by atoms with Crippen LogP contribution in [0.3, 0.4) is 0 Å². The molecule has 22 heavy (non-hydrogen) atoms. The molecular weight excluding hydrogens is 285 g/mol. The van der Waals surface area contributed by atoms with E-state index >= 15 is 0 Å². The van der Waals surface area contributed by atoms with Gasteiger partial charge in [-0.05, 0) is 48.9 Å². The van der Waals surface area contributed by atoms with E-state index in [4.69, 9.17) is 4.74 Å². The van der Waals surface area contributed by atoms with E-state index in [2.05, 4.69) is 0 Å². The van der Waals surface area contributed by atoms with Crippen molar-refractivity contribution in [2.45, 2.75) is 12.5 Å². The van der Waals surface area contributed by atoms with Crippen molar-refractivity contribution in [3.63, 3.8) is 0 Å². The second kappa shape index (κ2) is 5.77. The summed E-state index contributed by atoms with van der Waals surface area (Å²) in [6, 6.07) is 10.7. The molecule has 2 aromatic carbocycles. The summed E-state index contributed by atoms with van der Waals surface area (Å²) in [4.78, 5) is 14.2. The van der Waals surface area contributed by atoms with Crippen LogP contribution in [0.5, 0.6) is 5.75 Å². The summed E-state index contributed by atoms with van der Waals surface area (Å²) in [5.41, 5.74) is 1.74. The molecule has 4 nitrogen and oxygen atoms in total. The number of benzene rings is 2. The molecule has 1 aliphatic heterocycles. The molecule has 3 rings (SSSR count). The van der Waals surface area contributed by atoms with Gasteiger partial charge in [-0.3, -0.25) is 4.79 Å². The summed E-state index contributed by atoms with van der Waals surface area (Å²) in [7, 11) is 1.55. The number of carbonyl (C=O) groups is 1. The Kier molecular flexibility index (Phi) is 3.81. The van der Waals surface area contributed by atoms with Crippen LogP contribution in [0.1, 0.15) is 28.4 Å². The quantitative estimate of drug-likeness (QED) is 0.928. The first-order chi connectivity index (χ1) is 10.6. The van der Waals surface area contributed by atoms with Crippen molar-refractivity contribution in [1.82, 2.24) is 0 Å². The number of carbonyl (C=O) groups excluding carboxylic acids is 1. The smallest absolute Gasteiger partial charge is 0.258 e. The lowest BCUT2D eigenvalue weighted by molar-refractivity contribution is 0.0970. The molecule has 1 aliphatic rings. The molecule has 5 heteroatoms. The van der Waals surface area contributed by atoms with Gasteiger partial charge < -0.3 is 14.7 Å². The highest BCUT2D eigenvalue weighted by molar-refractivity contribution is 6.06. The molecule has 0 aliphatic carbocycles. The van der Waals surface area contributed by atoms with Crippen molar-refractivity contribution in [2.24, 2.45) is 0 Å². The molecule has 0 spiro atoms. The third kappa shape index (κ3) is 2.55. The van der Waals surface area contributed by atoms with Crippen LogP contribution in [-0.4, -0.2) is 24.7 Å². The van der Waals surface area contributed by atoms with Crippen molar-refractivity contribution in [3.8, 4) is 5.75 Å². The molecule has 2 aromatic rings. The van der Waals surface area contributed by atoms with Crippen LogP contribution >= 0.6 is 0 Å². The number of fused-ring (bicyclic) bond motifs is 1. The Labute approximate surface area is 127 Å². The van der Waals surface area contributed by atoms with E-state index in [1.165, 1.54) is 24.3 Å². The molecule has 114 valence electrons. The first kappa shape index (κ1) is 14.5. The largest absolute Gasteiger partial charge is 0.497 e. The lowest BCUT2D eigenvalue weighted by Gasteiger charge is -2.32. The first-order valence-electron chi connectivity index (χ1n) is 7.03. The van der Waals surface area contributed by atoms with Gasteiger partial charge in [0.1, 0.15) is 11.6 Å². The zero-order valence-electron chi connectivity index (χ0n) is 12.1. The molecule has 0 bridgehead atoms. The van der Waals surface area contributed by atoms with Gasteiger partial charge in [-0.15, -0.1) is 0 Å².